The predicted molar refractivity (Wildman–Crippen MR) is 77.4 cm³/mol. The minimum Gasteiger partial charge on any atom is -0.478 e. The van der Waals surface area contributed by atoms with Crippen molar-refractivity contribution < 1.29 is 23.8 Å². The fourth-order valence-electron chi connectivity index (χ4n) is 1.39. The molecule has 0 spiro atoms. The molecule has 1 amide bonds. The Morgan fingerprint density at radius 3 is 2.62 bits per heavy atom. The smallest absolute Gasteiger partial charge is 0.328 e. The van der Waals surface area contributed by atoms with Crippen molar-refractivity contribution in [3.63, 3.8) is 0 Å². The lowest BCUT2D eigenvalue weighted by Crippen LogP contribution is -2.27. The largest absolute Gasteiger partial charge is 0.478 e. The van der Waals surface area contributed by atoms with Gasteiger partial charge in [0, 0.05) is 17.3 Å². The van der Waals surface area contributed by atoms with Gasteiger partial charge in [-0.1, -0.05) is 0 Å². The molecule has 1 aromatic rings. The Labute approximate surface area is 122 Å². The maximum absolute atomic E-state index is 13.5. The molecule has 0 aliphatic heterocycles. The number of carboxylic acids is 1. The van der Waals surface area contributed by atoms with E-state index in [-0.39, 0.29) is 18.1 Å². The summed E-state index contributed by atoms with van der Waals surface area (Å²) in [6, 6.07) is 3.90. The van der Waals surface area contributed by atoms with Crippen molar-refractivity contribution in [2.75, 3.05) is 11.9 Å². The Morgan fingerprint density at radius 1 is 1.38 bits per heavy atom. The van der Waals surface area contributed by atoms with Crippen LogP contribution in [0.15, 0.2) is 24.3 Å². The molecule has 2 N–H and O–H groups in total. The van der Waals surface area contributed by atoms with Crippen molar-refractivity contribution in [3.8, 4) is 0 Å². The molecule has 0 saturated heterocycles. The molecule has 1 rings (SSSR count). The standard InChI is InChI=1S/C15H18FNO4/c1-15(2,3)21-9-13(18)17-11-5-6-12(16)10(8-11)4-7-14(19)20/h4-8H,9H2,1-3H3,(H,17,18)(H,19,20)/b7-4+. The molecule has 0 saturated carbocycles. The van der Waals surface area contributed by atoms with Crippen LogP contribution in [-0.2, 0) is 14.3 Å². The highest BCUT2D eigenvalue weighted by Crippen LogP contribution is 2.16. The van der Waals surface area contributed by atoms with E-state index in [1.807, 2.05) is 20.8 Å². The highest BCUT2D eigenvalue weighted by Gasteiger charge is 2.13. The first-order chi connectivity index (χ1) is 9.67. The zero-order valence-corrected chi connectivity index (χ0v) is 12.1. The summed E-state index contributed by atoms with van der Waals surface area (Å²) in [5, 5.41) is 11.1. The van der Waals surface area contributed by atoms with E-state index in [1.54, 1.807) is 0 Å². The minimum atomic E-state index is -1.18. The molecule has 0 heterocycles. The number of hydrogen-bond donors (Lipinski definition) is 2. The third-order valence-electron chi connectivity index (χ3n) is 2.32. The molecule has 1 aromatic carbocycles. The first-order valence-corrected chi connectivity index (χ1v) is 6.32. The molecular weight excluding hydrogens is 277 g/mol. The summed E-state index contributed by atoms with van der Waals surface area (Å²) in [6.07, 6.45) is 1.95. The van der Waals surface area contributed by atoms with E-state index in [2.05, 4.69) is 5.32 Å². The van der Waals surface area contributed by atoms with E-state index in [0.29, 0.717) is 5.69 Å². The van der Waals surface area contributed by atoms with Gasteiger partial charge < -0.3 is 15.2 Å². The first-order valence-electron chi connectivity index (χ1n) is 6.32. The Hall–Kier alpha value is -2.21. The molecule has 0 radical (unpaired) electrons. The summed E-state index contributed by atoms with van der Waals surface area (Å²) in [4.78, 5) is 22.1. The maximum Gasteiger partial charge on any atom is 0.328 e. The van der Waals surface area contributed by atoms with Crippen molar-refractivity contribution in [2.24, 2.45) is 0 Å². The summed E-state index contributed by atoms with van der Waals surface area (Å²) >= 11 is 0. The number of aliphatic carboxylic acids is 1. The second-order valence-corrected chi connectivity index (χ2v) is 5.36. The van der Waals surface area contributed by atoms with Crippen LogP contribution in [0.3, 0.4) is 0 Å². The van der Waals surface area contributed by atoms with Gasteiger partial charge in [-0.15, -0.1) is 0 Å². The number of carbonyl (C=O) groups is 2. The molecule has 114 valence electrons. The summed E-state index contributed by atoms with van der Waals surface area (Å²) in [5.41, 5.74) is 0.00564. The lowest BCUT2D eigenvalue weighted by molar-refractivity contribution is -0.131. The molecule has 0 fully saturated rings. The van der Waals surface area contributed by atoms with E-state index in [9.17, 15) is 14.0 Å². The molecule has 0 bridgehead atoms. The SMILES string of the molecule is CC(C)(C)OCC(=O)Nc1ccc(F)c(/C=C/C(=O)O)c1. The van der Waals surface area contributed by atoms with E-state index in [1.165, 1.54) is 12.1 Å². The van der Waals surface area contributed by atoms with Crippen LogP contribution in [0.2, 0.25) is 0 Å². The van der Waals surface area contributed by atoms with Gasteiger partial charge in [-0.25, -0.2) is 9.18 Å². The van der Waals surface area contributed by atoms with Gasteiger partial charge in [-0.2, -0.15) is 0 Å². The lowest BCUT2D eigenvalue weighted by atomic mass is 10.1. The number of ether oxygens (including phenoxy) is 1. The Morgan fingerprint density at radius 2 is 2.05 bits per heavy atom. The molecule has 0 atom stereocenters. The average Bonchev–Trinajstić information content (AvgIpc) is 2.36. The molecule has 0 aliphatic rings. The van der Waals surface area contributed by atoms with Gasteiger partial charge in [0.25, 0.3) is 0 Å². The van der Waals surface area contributed by atoms with Gasteiger partial charge in [-0.3, -0.25) is 4.79 Å². The fourth-order valence-corrected chi connectivity index (χ4v) is 1.39. The number of carbonyl (C=O) groups excluding carboxylic acids is 1. The molecule has 0 unspecified atom stereocenters. The lowest BCUT2D eigenvalue weighted by Gasteiger charge is -2.19. The number of nitrogens with one attached hydrogen (secondary N) is 1. The summed E-state index contributed by atoms with van der Waals surface area (Å²) in [5.74, 6) is -2.12. The fraction of sp³-hybridized carbons (Fsp3) is 0.333. The number of carboxylic acid groups (broad SMARTS) is 1. The molecule has 6 heteroatoms. The van der Waals surface area contributed by atoms with Crippen LogP contribution in [0, 0.1) is 5.82 Å². The van der Waals surface area contributed by atoms with Crippen molar-refractivity contribution in [1.29, 1.82) is 0 Å². The van der Waals surface area contributed by atoms with Crippen LogP contribution in [0.4, 0.5) is 10.1 Å². The van der Waals surface area contributed by atoms with Crippen LogP contribution in [0.1, 0.15) is 26.3 Å². The van der Waals surface area contributed by atoms with Gasteiger partial charge in [0.2, 0.25) is 5.91 Å². The monoisotopic (exact) mass is 295 g/mol. The van der Waals surface area contributed by atoms with Crippen LogP contribution in [0.25, 0.3) is 6.08 Å². The molecule has 0 aromatic heterocycles. The van der Waals surface area contributed by atoms with Crippen LogP contribution >= 0.6 is 0 Å². The van der Waals surface area contributed by atoms with Crippen molar-refractivity contribution in [2.45, 2.75) is 26.4 Å². The number of halogens is 1. The van der Waals surface area contributed by atoms with Crippen LogP contribution < -0.4 is 5.32 Å². The van der Waals surface area contributed by atoms with Crippen molar-refractivity contribution in [1.82, 2.24) is 0 Å². The number of benzene rings is 1. The zero-order valence-electron chi connectivity index (χ0n) is 12.1. The third kappa shape index (κ3) is 6.67. The van der Waals surface area contributed by atoms with E-state index in [4.69, 9.17) is 9.84 Å². The topological polar surface area (TPSA) is 75.6 Å². The quantitative estimate of drug-likeness (QED) is 0.819. The Bertz CT molecular complexity index is 561. The second kappa shape index (κ2) is 6.99. The second-order valence-electron chi connectivity index (χ2n) is 5.36. The zero-order chi connectivity index (χ0) is 16.0. The maximum atomic E-state index is 13.5. The number of amides is 1. The highest BCUT2D eigenvalue weighted by molar-refractivity contribution is 5.92. The first kappa shape index (κ1) is 16.8. The summed E-state index contributed by atoms with van der Waals surface area (Å²) < 4.78 is 18.8. The van der Waals surface area contributed by atoms with Gasteiger partial charge >= 0.3 is 5.97 Å². The minimum absolute atomic E-state index is 0.0759. The van der Waals surface area contributed by atoms with Crippen LogP contribution in [0.5, 0.6) is 0 Å². The summed E-state index contributed by atoms with van der Waals surface area (Å²) in [7, 11) is 0. The van der Waals surface area contributed by atoms with Gasteiger partial charge in [0.05, 0.1) is 5.60 Å². The number of rotatable bonds is 5. The predicted octanol–water partition coefficient (Wildman–Crippen LogP) is 2.68. The van der Waals surface area contributed by atoms with E-state index < -0.39 is 17.4 Å². The van der Waals surface area contributed by atoms with E-state index in [0.717, 1.165) is 18.2 Å². The molecule has 21 heavy (non-hydrogen) atoms. The summed E-state index contributed by atoms with van der Waals surface area (Å²) in [6.45, 7) is 5.36. The number of anilines is 1. The van der Waals surface area contributed by atoms with Crippen LogP contribution in [-0.4, -0.2) is 29.2 Å². The van der Waals surface area contributed by atoms with Gasteiger partial charge in [0.1, 0.15) is 12.4 Å². The Balaban J connectivity index is 2.74. The van der Waals surface area contributed by atoms with Crippen molar-refractivity contribution >= 4 is 23.6 Å². The molecule has 0 aliphatic carbocycles. The van der Waals surface area contributed by atoms with E-state index >= 15 is 0 Å². The Kier molecular flexibility index (Phi) is 5.60. The molecular formula is C15H18FNO4. The molecule has 5 nitrogen and oxygen atoms in total. The third-order valence-corrected chi connectivity index (χ3v) is 2.32. The number of hydrogen-bond acceptors (Lipinski definition) is 3. The highest BCUT2D eigenvalue weighted by atomic mass is 19.1. The van der Waals surface area contributed by atoms with Gasteiger partial charge in [0.15, 0.2) is 0 Å². The normalized spacial score (nSPS) is 11.6. The van der Waals surface area contributed by atoms with Gasteiger partial charge in [-0.05, 0) is 45.0 Å². The average molecular weight is 295 g/mol. The van der Waals surface area contributed by atoms with Crippen molar-refractivity contribution in [3.05, 3.63) is 35.7 Å².